The zero-order chi connectivity index (χ0) is 14.4. The number of rotatable bonds is 6. The van der Waals surface area contributed by atoms with Crippen LogP contribution in [0.25, 0.3) is 0 Å². The van der Waals surface area contributed by atoms with Gasteiger partial charge in [-0.3, -0.25) is 4.79 Å². The minimum Gasteiger partial charge on any atom is -0.493 e. The minimum absolute atomic E-state index is 0.153. The lowest BCUT2D eigenvalue weighted by Crippen LogP contribution is -2.31. The molecule has 4 nitrogen and oxygen atoms in total. The van der Waals surface area contributed by atoms with Crippen molar-refractivity contribution in [1.29, 1.82) is 0 Å². The standard InChI is InChI=1S/C14H20ClNO3/c1-9-7-12(18-3)13(19-4)8-11(9)5-6-16-14(17)10(2)15/h7-8,10H,5-6H2,1-4H3,(H,16,17). The molecule has 1 atom stereocenters. The molecule has 0 aliphatic rings. The first-order chi connectivity index (χ1) is 8.99. The van der Waals surface area contributed by atoms with E-state index in [2.05, 4.69) is 5.32 Å². The monoisotopic (exact) mass is 285 g/mol. The molecular weight excluding hydrogens is 266 g/mol. The quantitative estimate of drug-likeness (QED) is 0.816. The van der Waals surface area contributed by atoms with E-state index in [4.69, 9.17) is 21.1 Å². The average molecular weight is 286 g/mol. The summed E-state index contributed by atoms with van der Waals surface area (Å²) in [5.41, 5.74) is 2.21. The molecule has 1 amide bonds. The molecule has 0 heterocycles. The van der Waals surface area contributed by atoms with Crippen molar-refractivity contribution >= 4 is 17.5 Å². The first-order valence-electron chi connectivity index (χ1n) is 6.12. The fourth-order valence-corrected chi connectivity index (χ4v) is 1.83. The van der Waals surface area contributed by atoms with E-state index in [-0.39, 0.29) is 5.91 Å². The molecule has 0 fully saturated rings. The fraction of sp³-hybridized carbons (Fsp3) is 0.500. The summed E-state index contributed by atoms with van der Waals surface area (Å²) in [5, 5.41) is 2.27. The van der Waals surface area contributed by atoms with Crippen LogP contribution in [0.4, 0.5) is 0 Å². The summed E-state index contributed by atoms with van der Waals surface area (Å²) in [6, 6.07) is 3.87. The van der Waals surface area contributed by atoms with Gasteiger partial charge in [0.15, 0.2) is 11.5 Å². The van der Waals surface area contributed by atoms with Gasteiger partial charge < -0.3 is 14.8 Å². The smallest absolute Gasteiger partial charge is 0.237 e. The number of ether oxygens (including phenoxy) is 2. The van der Waals surface area contributed by atoms with Crippen LogP contribution in [0.1, 0.15) is 18.1 Å². The van der Waals surface area contributed by atoms with E-state index in [0.717, 1.165) is 17.5 Å². The number of methoxy groups -OCH3 is 2. The van der Waals surface area contributed by atoms with Gasteiger partial charge in [-0.25, -0.2) is 0 Å². The third-order valence-electron chi connectivity index (χ3n) is 2.90. The van der Waals surface area contributed by atoms with Gasteiger partial charge in [0.2, 0.25) is 5.91 Å². The van der Waals surface area contributed by atoms with E-state index in [0.29, 0.717) is 18.0 Å². The topological polar surface area (TPSA) is 47.6 Å². The Balaban J connectivity index is 2.71. The van der Waals surface area contributed by atoms with Crippen LogP contribution in [0, 0.1) is 6.92 Å². The molecule has 0 saturated heterocycles. The highest BCUT2D eigenvalue weighted by molar-refractivity contribution is 6.30. The van der Waals surface area contributed by atoms with Crippen LogP contribution in [0.3, 0.4) is 0 Å². The molecule has 0 spiro atoms. The molecule has 106 valence electrons. The number of carbonyl (C=O) groups is 1. The van der Waals surface area contributed by atoms with Crippen molar-refractivity contribution in [3.8, 4) is 11.5 Å². The summed E-state index contributed by atoms with van der Waals surface area (Å²) < 4.78 is 10.5. The third-order valence-corrected chi connectivity index (χ3v) is 3.10. The largest absolute Gasteiger partial charge is 0.493 e. The second-order valence-corrected chi connectivity index (χ2v) is 4.95. The maximum Gasteiger partial charge on any atom is 0.237 e. The molecule has 0 aromatic heterocycles. The first kappa shape index (κ1) is 15.6. The van der Waals surface area contributed by atoms with Gasteiger partial charge in [0.05, 0.1) is 14.2 Å². The van der Waals surface area contributed by atoms with E-state index in [1.54, 1.807) is 21.1 Å². The van der Waals surface area contributed by atoms with Crippen LogP contribution in [-0.4, -0.2) is 32.0 Å². The Morgan fingerprint density at radius 2 is 1.89 bits per heavy atom. The molecule has 0 aliphatic carbocycles. The Morgan fingerprint density at radius 3 is 2.42 bits per heavy atom. The summed E-state index contributed by atoms with van der Waals surface area (Å²) in [4.78, 5) is 11.4. The van der Waals surface area contributed by atoms with Gasteiger partial charge in [-0.2, -0.15) is 0 Å². The van der Waals surface area contributed by atoms with Crippen molar-refractivity contribution in [1.82, 2.24) is 5.32 Å². The van der Waals surface area contributed by atoms with Crippen molar-refractivity contribution in [2.75, 3.05) is 20.8 Å². The van der Waals surface area contributed by atoms with E-state index in [1.807, 2.05) is 19.1 Å². The second-order valence-electron chi connectivity index (χ2n) is 4.29. The number of carbonyl (C=O) groups excluding carboxylic acids is 1. The predicted octanol–water partition coefficient (Wildman–Crippen LogP) is 2.30. The molecule has 1 unspecified atom stereocenters. The first-order valence-corrected chi connectivity index (χ1v) is 6.56. The van der Waals surface area contributed by atoms with Crippen LogP contribution < -0.4 is 14.8 Å². The highest BCUT2D eigenvalue weighted by atomic mass is 35.5. The summed E-state index contributed by atoms with van der Waals surface area (Å²) in [6.45, 7) is 4.20. The Labute approximate surface area is 119 Å². The van der Waals surface area contributed by atoms with Crippen LogP contribution >= 0.6 is 11.6 Å². The normalized spacial score (nSPS) is 11.8. The Morgan fingerprint density at radius 1 is 1.32 bits per heavy atom. The number of benzene rings is 1. The summed E-state index contributed by atoms with van der Waals surface area (Å²) in [7, 11) is 3.22. The van der Waals surface area contributed by atoms with Crippen molar-refractivity contribution in [2.45, 2.75) is 25.6 Å². The van der Waals surface area contributed by atoms with Gasteiger partial charge in [-0.1, -0.05) is 0 Å². The Hall–Kier alpha value is -1.42. The van der Waals surface area contributed by atoms with Gasteiger partial charge >= 0.3 is 0 Å². The number of hydrogen-bond acceptors (Lipinski definition) is 3. The highest BCUT2D eigenvalue weighted by Gasteiger charge is 2.10. The van der Waals surface area contributed by atoms with Crippen molar-refractivity contribution < 1.29 is 14.3 Å². The van der Waals surface area contributed by atoms with Crippen molar-refractivity contribution in [2.24, 2.45) is 0 Å². The lowest BCUT2D eigenvalue weighted by atomic mass is 10.0. The minimum atomic E-state index is -0.508. The lowest BCUT2D eigenvalue weighted by molar-refractivity contribution is -0.120. The number of aryl methyl sites for hydroxylation is 1. The predicted molar refractivity (Wildman–Crippen MR) is 76.3 cm³/mol. The molecule has 0 aliphatic heterocycles. The zero-order valence-electron chi connectivity index (χ0n) is 11.7. The van der Waals surface area contributed by atoms with E-state index < -0.39 is 5.38 Å². The molecular formula is C14H20ClNO3. The summed E-state index contributed by atoms with van der Waals surface area (Å²) in [5.74, 6) is 1.25. The second kappa shape index (κ2) is 7.24. The van der Waals surface area contributed by atoms with Crippen LogP contribution in [0.5, 0.6) is 11.5 Å². The van der Waals surface area contributed by atoms with E-state index >= 15 is 0 Å². The number of amides is 1. The SMILES string of the molecule is COc1cc(C)c(CCNC(=O)C(C)Cl)cc1OC. The van der Waals surface area contributed by atoms with Gasteiger partial charge in [-0.05, 0) is 43.5 Å². The molecule has 0 saturated carbocycles. The molecule has 1 aromatic rings. The Kier molecular flexibility index (Phi) is 5.96. The summed E-state index contributed by atoms with van der Waals surface area (Å²) >= 11 is 5.68. The van der Waals surface area contributed by atoms with Crippen molar-refractivity contribution in [3.05, 3.63) is 23.3 Å². The molecule has 0 radical (unpaired) electrons. The van der Waals surface area contributed by atoms with Crippen LogP contribution in [-0.2, 0) is 11.2 Å². The molecule has 5 heteroatoms. The van der Waals surface area contributed by atoms with Gasteiger partial charge in [-0.15, -0.1) is 11.6 Å². The average Bonchev–Trinajstić information content (AvgIpc) is 2.39. The highest BCUT2D eigenvalue weighted by Crippen LogP contribution is 2.30. The molecule has 1 N–H and O–H groups in total. The Bertz CT molecular complexity index is 447. The van der Waals surface area contributed by atoms with Crippen LogP contribution in [0.2, 0.25) is 0 Å². The van der Waals surface area contributed by atoms with Crippen molar-refractivity contribution in [3.63, 3.8) is 0 Å². The molecule has 0 bridgehead atoms. The molecule has 1 rings (SSSR count). The number of alkyl halides is 1. The van der Waals surface area contributed by atoms with Gasteiger partial charge in [0.25, 0.3) is 0 Å². The van der Waals surface area contributed by atoms with E-state index in [1.165, 1.54) is 0 Å². The summed E-state index contributed by atoms with van der Waals surface area (Å²) in [6.07, 6.45) is 0.724. The third kappa shape index (κ3) is 4.31. The maximum absolute atomic E-state index is 11.4. The van der Waals surface area contributed by atoms with Gasteiger partial charge in [0, 0.05) is 6.54 Å². The molecule has 19 heavy (non-hydrogen) atoms. The fourth-order valence-electron chi connectivity index (χ4n) is 1.75. The number of hydrogen-bond donors (Lipinski definition) is 1. The zero-order valence-corrected chi connectivity index (χ0v) is 12.5. The number of halogens is 1. The molecule has 1 aromatic carbocycles. The van der Waals surface area contributed by atoms with Gasteiger partial charge in [0.1, 0.15) is 5.38 Å². The van der Waals surface area contributed by atoms with Crippen LogP contribution in [0.15, 0.2) is 12.1 Å². The maximum atomic E-state index is 11.4. The lowest BCUT2D eigenvalue weighted by Gasteiger charge is -2.13. The van der Waals surface area contributed by atoms with E-state index in [9.17, 15) is 4.79 Å². The number of nitrogens with one attached hydrogen (secondary N) is 1.